The Kier molecular flexibility index (Phi) is 6.86. The first-order valence-electron chi connectivity index (χ1n) is 4.92. The molecule has 7 heteroatoms. The van der Waals surface area contributed by atoms with E-state index in [-0.39, 0.29) is 25.2 Å². The number of carbonyl (C=O) groups excluding carboxylic acids is 2. The van der Waals surface area contributed by atoms with Gasteiger partial charge in [-0.25, -0.2) is 4.79 Å². The number of rotatable bonds is 8. The fraction of sp³-hybridized carbons (Fsp3) is 0.667. The summed E-state index contributed by atoms with van der Waals surface area (Å²) in [6, 6.07) is -1.06. The maximum atomic E-state index is 11.2. The van der Waals surface area contributed by atoms with Gasteiger partial charge in [0.25, 0.3) is 0 Å². The molecule has 7 nitrogen and oxygen atoms in total. The lowest BCUT2D eigenvalue weighted by atomic mass is 10.1. The zero-order valence-corrected chi connectivity index (χ0v) is 9.16. The summed E-state index contributed by atoms with van der Waals surface area (Å²) in [5, 5.41) is 13.9. The van der Waals surface area contributed by atoms with Gasteiger partial charge in [-0.05, 0) is 13.5 Å². The lowest BCUT2D eigenvalue weighted by molar-refractivity contribution is -0.142. The van der Waals surface area contributed by atoms with Crippen molar-refractivity contribution in [1.82, 2.24) is 10.6 Å². The van der Waals surface area contributed by atoms with Crippen LogP contribution in [0.25, 0.3) is 0 Å². The van der Waals surface area contributed by atoms with Gasteiger partial charge < -0.3 is 21.5 Å². The molecular weight excluding hydrogens is 214 g/mol. The number of amides is 2. The van der Waals surface area contributed by atoms with Gasteiger partial charge in [-0.1, -0.05) is 0 Å². The Balaban J connectivity index is 4.07. The number of nitrogens with one attached hydrogen (secondary N) is 2. The predicted octanol–water partition coefficient (Wildman–Crippen LogP) is -1.57. The van der Waals surface area contributed by atoms with Gasteiger partial charge in [0.2, 0.25) is 11.8 Å². The SMILES string of the molecule is CNCCC(=O)N[C@H](CCC(N)=O)C(=O)O. The number of hydrogen-bond donors (Lipinski definition) is 4. The van der Waals surface area contributed by atoms with Crippen LogP contribution in [0.15, 0.2) is 0 Å². The summed E-state index contributed by atoms with van der Waals surface area (Å²) in [7, 11) is 1.69. The molecule has 0 unspecified atom stereocenters. The van der Waals surface area contributed by atoms with E-state index in [2.05, 4.69) is 10.6 Å². The van der Waals surface area contributed by atoms with Crippen LogP contribution in [0.3, 0.4) is 0 Å². The average Bonchev–Trinajstić information content (AvgIpc) is 2.20. The summed E-state index contributed by atoms with van der Waals surface area (Å²) >= 11 is 0. The van der Waals surface area contributed by atoms with Gasteiger partial charge in [-0.3, -0.25) is 9.59 Å². The second-order valence-corrected chi connectivity index (χ2v) is 3.32. The van der Waals surface area contributed by atoms with Crippen LogP contribution < -0.4 is 16.4 Å². The largest absolute Gasteiger partial charge is 0.480 e. The zero-order valence-electron chi connectivity index (χ0n) is 9.16. The molecule has 0 aliphatic rings. The van der Waals surface area contributed by atoms with E-state index in [0.717, 1.165) is 0 Å². The van der Waals surface area contributed by atoms with Crippen LogP contribution >= 0.6 is 0 Å². The van der Waals surface area contributed by atoms with Crippen LogP contribution in [-0.2, 0) is 14.4 Å². The molecule has 0 saturated heterocycles. The highest BCUT2D eigenvalue weighted by atomic mass is 16.4. The molecule has 0 radical (unpaired) electrons. The monoisotopic (exact) mass is 231 g/mol. The van der Waals surface area contributed by atoms with Crippen molar-refractivity contribution in [2.24, 2.45) is 5.73 Å². The normalized spacial score (nSPS) is 11.8. The molecule has 0 aromatic heterocycles. The minimum Gasteiger partial charge on any atom is -0.480 e. The quantitative estimate of drug-likeness (QED) is 0.402. The molecule has 92 valence electrons. The third-order valence-electron chi connectivity index (χ3n) is 1.91. The number of carboxylic acids is 1. The van der Waals surface area contributed by atoms with Crippen molar-refractivity contribution in [2.75, 3.05) is 13.6 Å². The maximum Gasteiger partial charge on any atom is 0.326 e. The lowest BCUT2D eigenvalue weighted by Crippen LogP contribution is -2.42. The Morgan fingerprint density at radius 2 is 1.94 bits per heavy atom. The molecule has 0 heterocycles. The van der Waals surface area contributed by atoms with Crippen molar-refractivity contribution in [2.45, 2.75) is 25.3 Å². The van der Waals surface area contributed by atoms with Crippen LogP contribution in [0.1, 0.15) is 19.3 Å². The molecule has 0 bridgehead atoms. The summed E-state index contributed by atoms with van der Waals surface area (Å²) < 4.78 is 0. The Labute approximate surface area is 93.4 Å². The average molecular weight is 231 g/mol. The van der Waals surface area contributed by atoms with Crippen molar-refractivity contribution in [3.8, 4) is 0 Å². The molecule has 5 N–H and O–H groups in total. The van der Waals surface area contributed by atoms with Gasteiger partial charge in [0.05, 0.1) is 0 Å². The van der Waals surface area contributed by atoms with Crippen LogP contribution in [0, 0.1) is 0 Å². The first kappa shape index (κ1) is 14.4. The van der Waals surface area contributed by atoms with Crippen LogP contribution in [-0.4, -0.2) is 42.5 Å². The molecule has 1 atom stereocenters. The summed E-state index contributed by atoms with van der Waals surface area (Å²) in [6.45, 7) is 0.466. The van der Waals surface area contributed by atoms with E-state index in [1.54, 1.807) is 7.05 Å². The Bertz CT molecular complexity index is 267. The Morgan fingerprint density at radius 3 is 2.38 bits per heavy atom. The molecule has 0 aromatic carbocycles. The van der Waals surface area contributed by atoms with E-state index in [9.17, 15) is 14.4 Å². The highest BCUT2D eigenvalue weighted by Gasteiger charge is 2.19. The summed E-state index contributed by atoms with van der Waals surface area (Å²) in [6.07, 6.45) is 0.135. The number of carbonyl (C=O) groups is 3. The summed E-state index contributed by atoms with van der Waals surface area (Å²) in [5.74, 6) is -2.12. The molecular formula is C9H17N3O4. The molecule has 0 aromatic rings. The van der Waals surface area contributed by atoms with Gasteiger partial charge >= 0.3 is 5.97 Å². The molecule has 0 spiro atoms. The van der Waals surface area contributed by atoms with Crippen molar-refractivity contribution < 1.29 is 19.5 Å². The van der Waals surface area contributed by atoms with E-state index >= 15 is 0 Å². The van der Waals surface area contributed by atoms with Gasteiger partial charge in [0, 0.05) is 19.4 Å². The third-order valence-corrected chi connectivity index (χ3v) is 1.91. The van der Waals surface area contributed by atoms with Gasteiger partial charge in [0.15, 0.2) is 0 Å². The molecule has 16 heavy (non-hydrogen) atoms. The first-order valence-corrected chi connectivity index (χ1v) is 4.92. The Morgan fingerprint density at radius 1 is 1.31 bits per heavy atom. The van der Waals surface area contributed by atoms with Gasteiger partial charge in [-0.2, -0.15) is 0 Å². The number of nitrogens with two attached hydrogens (primary N) is 1. The number of aliphatic carboxylic acids is 1. The van der Waals surface area contributed by atoms with Crippen LogP contribution in [0.2, 0.25) is 0 Å². The predicted molar refractivity (Wildman–Crippen MR) is 56.5 cm³/mol. The van der Waals surface area contributed by atoms with Crippen molar-refractivity contribution in [3.05, 3.63) is 0 Å². The second kappa shape index (κ2) is 7.63. The van der Waals surface area contributed by atoms with Crippen LogP contribution in [0.5, 0.6) is 0 Å². The van der Waals surface area contributed by atoms with Crippen molar-refractivity contribution in [3.63, 3.8) is 0 Å². The number of carboxylic acid groups (broad SMARTS) is 1. The highest BCUT2D eigenvalue weighted by molar-refractivity contribution is 5.84. The van der Waals surface area contributed by atoms with E-state index in [1.165, 1.54) is 0 Å². The molecule has 2 amide bonds. The molecule has 0 aliphatic heterocycles. The molecule has 0 fully saturated rings. The molecule has 0 saturated carbocycles. The zero-order chi connectivity index (χ0) is 12.6. The fourth-order valence-electron chi connectivity index (χ4n) is 1.05. The third kappa shape index (κ3) is 6.77. The second-order valence-electron chi connectivity index (χ2n) is 3.32. The minimum atomic E-state index is -1.17. The van der Waals surface area contributed by atoms with E-state index in [1.807, 2.05) is 0 Å². The Hall–Kier alpha value is -1.63. The maximum absolute atomic E-state index is 11.2. The fourth-order valence-corrected chi connectivity index (χ4v) is 1.05. The number of hydrogen-bond acceptors (Lipinski definition) is 4. The molecule has 0 rings (SSSR count). The molecule has 0 aliphatic carbocycles. The number of primary amides is 1. The van der Waals surface area contributed by atoms with Crippen molar-refractivity contribution >= 4 is 17.8 Å². The summed E-state index contributed by atoms with van der Waals surface area (Å²) in [5.41, 5.74) is 4.90. The standard InChI is InChI=1S/C9H17N3O4/c1-11-5-4-8(14)12-6(9(15)16)2-3-7(10)13/h6,11H,2-5H2,1H3,(H2,10,13)(H,12,14)(H,15,16)/t6-/m1/s1. The lowest BCUT2D eigenvalue weighted by Gasteiger charge is -2.13. The van der Waals surface area contributed by atoms with Gasteiger partial charge in [0.1, 0.15) is 6.04 Å². The summed E-state index contributed by atoms with van der Waals surface area (Å²) in [4.78, 5) is 32.5. The van der Waals surface area contributed by atoms with E-state index < -0.39 is 17.9 Å². The highest BCUT2D eigenvalue weighted by Crippen LogP contribution is 1.97. The topological polar surface area (TPSA) is 122 Å². The van der Waals surface area contributed by atoms with Crippen molar-refractivity contribution in [1.29, 1.82) is 0 Å². The van der Waals surface area contributed by atoms with E-state index in [0.29, 0.717) is 6.54 Å². The van der Waals surface area contributed by atoms with Gasteiger partial charge in [-0.15, -0.1) is 0 Å². The first-order chi connectivity index (χ1) is 7.47. The van der Waals surface area contributed by atoms with Crippen LogP contribution in [0.4, 0.5) is 0 Å². The minimum absolute atomic E-state index is 0.00988. The van der Waals surface area contributed by atoms with E-state index in [4.69, 9.17) is 10.8 Å². The smallest absolute Gasteiger partial charge is 0.326 e.